The smallest absolute Gasteiger partial charge is 0.267 e. The minimum absolute atomic E-state index is 0.0392. The number of morpholine rings is 1. The highest BCUT2D eigenvalue weighted by molar-refractivity contribution is 7.22. The van der Waals surface area contributed by atoms with Crippen LogP contribution in [-0.2, 0) is 11.3 Å². The highest BCUT2D eigenvalue weighted by atomic mass is 35.5. The fraction of sp³-hybridized carbons (Fsp3) is 0.385. The van der Waals surface area contributed by atoms with Crippen molar-refractivity contribution in [3.63, 3.8) is 0 Å². The number of halogens is 1. The summed E-state index contributed by atoms with van der Waals surface area (Å²) in [6.07, 6.45) is 1.90. The zero-order valence-electron chi connectivity index (χ0n) is 11.0. The summed E-state index contributed by atoms with van der Waals surface area (Å²) in [5.41, 5.74) is -0.0392. The molecule has 0 amide bonds. The molecule has 0 spiro atoms. The van der Waals surface area contributed by atoms with E-state index in [9.17, 15) is 4.79 Å². The molecule has 21 heavy (non-hydrogen) atoms. The molecule has 0 radical (unpaired) electrons. The molecule has 110 valence electrons. The van der Waals surface area contributed by atoms with Crippen molar-refractivity contribution in [2.45, 2.75) is 6.54 Å². The molecule has 1 aliphatic rings. The number of rotatable bonds is 2. The van der Waals surface area contributed by atoms with Gasteiger partial charge >= 0.3 is 0 Å². The molecular formula is C13H12ClN3O2S2. The van der Waals surface area contributed by atoms with Crippen LogP contribution in [0.5, 0.6) is 0 Å². The number of hydrogen-bond acceptors (Lipinski definition) is 6. The molecule has 4 rings (SSSR count). The van der Waals surface area contributed by atoms with Crippen molar-refractivity contribution in [1.82, 2.24) is 14.3 Å². The van der Waals surface area contributed by atoms with Crippen LogP contribution < -0.4 is 5.56 Å². The topological polar surface area (TPSA) is 46.8 Å². The first-order valence-corrected chi connectivity index (χ1v) is 8.62. The van der Waals surface area contributed by atoms with E-state index in [1.54, 1.807) is 21.8 Å². The molecular weight excluding hydrogens is 330 g/mol. The summed E-state index contributed by atoms with van der Waals surface area (Å²) < 4.78 is 7.58. The van der Waals surface area contributed by atoms with Crippen LogP contribution in [0.2, 0.25) is 4.34 Å². The van der Waals surface area contributed by atoms with Gasteiger partial charge in [-0.2, -0.15) is 0 Å². The van der Waals surface area contributed by atoms with E-state index in [1.807, 2.05) is 6.20 Å². The molecule has 0 bridgehead atoms. The highest BCUT2D eigenvalue weighted by Gasteiger charge is 2.15. The van der Waals surface area contributed by atoms with Gasteiger partial charge in [0.2, 0.25) is 0 Å². The van der Waals surface area contributed by atoms with Gasteiger partial charge in [-0.3, -0.25) is 14.1 Å². The van der Waals surface area contributed by atoms with Crippen LogP contribution in [0.1, 0.15) is 4.88 Å². The quantitative estimate of drug-likeness (QED) is 0.718. The van der Waals surface area contributed by atoms with E-state index in [2.05, 4.69) is 9.88 Å². The SMILES string of the molecule is O=c1c2cc(Cl)sc2nc2sc(CN3CCOCC3)cn12. The summed E-state index contributed by atoms with van der Waals surface area (Å²) in [5.74, 6) is 0. The zero-order chi connectivity index (χ0) is 14.4. The average molecular weight is 342 g/mol. The Bertz CT molecular complexity index is 863. The van der Waals surface area contributed by atoms with Crippen molar-refractivity contribution in [2.24, 2.45) is 0 Å². The second-order valence-electron chi connectivity index (χ2n) is 4.92. The lowest BCUT2D eigenvalue weighted by atomic mass is 10.4. The van der Waals surface area contributed by atoms with Gasteiger partial charge in [-0.1, -0.05) is 22.9 Å². The predicted octanol–water partition coefficient (Wildman–Crippen LogP) is 2.46. The maximum absolute atomic E-state index is 12.5. The number of aromatic nitrogens is 2. The van der Waals surface area contributed by atoms with Crippen molar-refractivity contribution in [1.29, 1.82) is 0 Å². The second-order valence-corrected chi connectivity index (χ2v) is 7.68. The van der Waals surface area contributed by atoms with Gasteiger partial charge in [0.15, 0.2) is 4.96 Å². The van der Waals surface area contributed by atoms with E-state index < -0.39 is 0 Å². The second kappa shape index (κ2) is 5.33. The van der Waals surface area contributed by atoms with E-state index in [1.165, 1.54) is 11.3 Å². The highest BCUT2D eigenvalue weighted by Crippen LogP contribution is 2.27. The third-order valence-electron chi connectivity index (χ3n) is 3.51. The van der Waals surface area contributed by atoms with E-state index in [-0.39, 0.29) is 5.56 Å². The Hall–Kier alpha value is -0.990. The predicted molar refractivity (Wildman–Crippen MR) is 85.8 cm³/mol. The molecule has 1 saturated heterocycles. The molecule has 0 atom stereocenters. The van der Waals surface area contributed by atoms with Gasteiger partial charge in [-0.25, -0.2) is 4.98 Å². The Labute approximate surface area is 133 Å². The molecule has 0 N–H and O–H groups in total. The van der Waals surface area contributed by atoms with Crippen LogP contribution in [0.4, 0.5) is 0 Å². The average Bonchev–Trinajstić information content (AvgIpc) is 3.03. The molecule has 1 fully saturated rings. The number of ether oxygens (including phenoxy) is 1. The first-order valence-electron chi connectivity index (χ1n) is 6.61. The van der Waals surface area contributed by atoms with Crippen LogP contribution in [0.3, 0.4) is 0 Å². The molecule has 3 aromatic heterocycles. The Kier molecular flexibility index (Phi) is 3.47. The van der Waals surface area contributed by atoms with Crippen LogP contribution >= 0.6 is 34.3 Å². The molecule has 4 heterocycles. The number of hydrogen-bond donors (Lipinski definition) is 0. The van der Waals surface area contributed by atoms with Gasteiger partial charge in [0.05, 0.1) is 22.9 Å². The van der Waals surface area contributed by atoms with Gasteiger partial charge in [0.1, 0.15) is 4.83 Å². The third-order valence-corrected chi connectivity index (χ3v) is 5.64. The molecule has 0 aliphatic carbocycles. The number of thiazole rings is 1. The lowest BCUT2D eigenvalue weighted by Gasteiger charge is -2.25. The first kappa shape index (κ1) is 13.7. The lowest BCUT2D eigenvalue weighted by molar-refractivity contribution is 0.0346. The number of fused-ring (bicyclic) bond motifs is 2. The Morgan fingerprint density at radius 3 is 2.95 bits per heavy atom. The third kappa shape index (κ3) is 2.49. The number of thiophene rings is 1. The Morgan fingerprint density at radius 2 is 2.14 bits per heavy atom. The summed E-state index contributed by atoms with van der Waals surface area (Å²) in [4.78, 5) is 21.9. The Morgan fingerprint density at radius 1 is 1.33 bits per heavy atom. The zero-order valence-corrected chi connectivity index (χ0v) is 13.4. The fourth-order valence-electron chi connectivity index (χ4n) is 2.47. The van der Waals surface area contributed by atoms with Crippen molar-refractivity contribution < 1.29 is 4.74 Å². The maximum atomic E-state index is 12.5. The van der Waals surface area contributed by atoms with Gasteiger partial charge in [0.25, 0.3) is 5.56 Å². The molecule has 1 aliphatic heterocycles. The van der Waals surface area contributed by atoms with Crippen LogP contribution in [0, 0.1) is 0 Å². The van der Waals surface area contributed by atoms with Crippen molar-refractivity contribution in [2.75, 3.05) is 26.3 Å². The van der Waals surface area contributed by atoms with E-state index in [0.29, 0.717) is 14.6 Å². The molecule has 8 heteroatoms. The van der Waals surface area contributed by atoms with Gasteiger partial charge < -0.3 is 4.74 Å². The summed E-state index contributed by atoms with van der Waals surface area (Å²) in [6.45, 7) is 4.25. The van der Waals surface area contributed by atoms with Crippen molar-refractivity contribution >= 4 is 49.5 Å². The van der Waals surface area contributed by atoms with E-state index in [4.69, 9.17) is 16.3 Å². The van der Waals surface area contributed by atoms with Gasteiger partial charge in [-0.15, -0.1) is 11.3 Å². The molecule has 0 saturated carbocycles. The largest absolute Gasteiger partial charge is 0.379 e. The van der Waals surface area contributed by atoms with Gasteiger partial charge in [0, 0.05) is 30.7 Å². The minimum Gasteiger partial charge on any atom is -0.379 e. The van der Waals surface area contributed by atoms with Gasteiger partial charge in [-0.05, 0) is 6.07 Å². The van der Waals surface area contributed by atoms with Crippen LogP contribution in [-0.4, -0.2) is 40.6 Å². The molecule has 3 aromatic rings. The van der Waals surface area contributed by atoms with Crippen molar-refractivity contribution in [3.8, 4) is 0 Å². The normalized spacial score (nSPS) is 17.0. The molecule has 0 aromatic carbocycles. The van der Waals surface area contributed by atoms with E-state index in [0.717, 1.165) is 42.7 Å². The summed E-state index contributed by atoms with van der Waals surface area (Å²) in [5, 5.41) is 0.596. The lowest BCUT2D eigenvalue weighted by Crippen LogP contribution is -2.35. The molecule has 5 nitrogen and oxygen atoms in total. The van der Waals surface area contributed by atoms with Crippen LogP contribution in [0.25, 0.3) is 15.2 Å². The monoisotopic (exact) mass is 341 g/mol. The Balaban J connectivity index is 1.75. The molecule has 0 unspecified atom stereocenters. The van der Waals surface area contributed by atoms with Crippen LogP contribution in [0.15, 0.2) is 17.1 Å². The standard InChI is InChI=1S/C13H12ClN3O2S2/c14-10-5-9-11(21-10)15-13-17(12(9)18)7-8(20-13)6-16-1-3-19-4-2-16/h5,7H,1-4,6H2. The summed E-state index contributed by atoms with van der Waals surface area (Å²) >= 11 is 8.88. The van der Waals surface area contributed by atoms with Crippen molar-refractivity contribution in [3.05, 3.63) is 31.8 Å². The fourth-order valence-corrected chi connectivity index (χ4v) is 4.62. The first-order chi connectivity index (χ1) is 10.2. The van der Waals surface area contributed by atoms with E-state index >= 15 is 0 Å². The number of nitrogens with zero attached hydrogens (tertiary/aromatic N) is 3. The minimum atomic E-state index is -0.0392. The summed E-state index contributed by atoms with van der Waals surface area (Å²) in [7, 11) is 0. The maximum Gasteiger partial charge on any atom is 0.267 e. The summed E-state index contributed by atoms with van der Waals surface area (Å²) in [6, 6.07) is 1.70.